The van der Waals surface area contributed by atoms with Crippen molar-refractivity contribution in [2.75, 3.05) is 7.11 Å². The SMILES string of the molecule is COc1c(-c2ccccc2B2OC(C)(C)C(C)(C)O2)ccc(C)c1F. The lowest BCUT2D eigenvalue weighted by Crippen LogP contribution is -2.41. The zero-order chi connectivity index (χ0) is 18.4. The molecule has 3 rings (SSSR count). The van der Waals surface area contributed by atoms with Crippen LogP contribution in [0.2, 0.25) is 0 Å². The maximum atomic E-state index is 14.5. The summed E-state index contributed by atoms with van der Waals surface area (Å²) in [5, 5.41) is 0. The highest BCUT2D eigenvalue weighted by Crippen LogP contribution is 2.38. The standard InChI is InChI=1S/C20H24BFO3/c1-13-11-12-15(18(23-6)17(13)22)14-9-7-8-10-16(14)21-24-19(2,3)20(4,5)25-21/h7-12H,1-6H3. The molecule has 1 fully saturated rings. The molecule has 0 radical (unpaired) electrons. The Kier molecular flexibility index (Phi) is 4.42. The molecule has 0 bridgehead atoms. The van der Waals surface area contributed by atoms with Crippen molar-refractivity contribution < 1.29 is 18.4 Å². The van der Waals surface area contributed by atoms with Crippen LogP contribution in [0.25, 0.3) is 11.1 Å². The van der Waals surface area contributed by atoms with Gasteiger partial charge in [-0.3, -0.25) is 0 Å². The lowest BCUT2D eigenvalue weighted by atomic mass is 9.74. The summed E-state index contributed by atoms with van der Waals surface area (Å²) in [5.41, 5.74) is 2.07. The second-order valence-electron chi connectivity index (χ2n) is 7.45. The second kappa shape index (κ2) is 6.15. The van der Waals surface area contributed by atoms with E-state index in [9.17, 15) is 4.39 Å². The van der Waals surface area contributed by atoms with Crippen molar-refractivity contribution in [2.24, 2.45) is 0 Å². The first kappa shape index (κ1) is 18.0. The molecule has 0 spiro atoms. The van der Waals surface area contributed by atoms with E-state index in [4.69, 9.17) is 14.0 Å². The first-order chi connectivity index (χ1) is 11.7. The predicted octanol–water partition coefficient (Wildman–Crippen LogP) is 4.11. The normalized spacial score (nSPS) is 18.4. The number of methoxy groups -OCH3 is 1. The highest BCUT2D eigenvalue weighted by atomic mass is 19.1. The summed E-state index contributed by atoms with van der Waals surface area (Å²) in [4.78, 5) is 0. The van der Waals surface area contributed by atoms with E-state index in [0.29, 0.717) is 11.1 Å². The monoisotopic (exact) mass is 342 g/mol. The Hall–Kier alpha value is -1.85. The van der Waals surface area contributed by atoms with Gasteiger partial charge in [0.1, 0.15) is 0 Å². The average molecular weight is 342 g/mol. The third-order valence-electron chi connectivity index (χ3n) is 5.25. The minimum absolute atomic E-state index is 0.240. The minimum atomic E-state index is -0.518. The van der Waals surface area contributed by atoms with E-state index in [1.807, 2.05) is 58.0 Å². The summed E-state index contributed by atoms with van der Waals surface area (Å²) < 4.78 is 32.2. The number of halogens is 1. The predicted molar refractivity (Wildman–Crippen MR) is 98.8 cm³/mol. The lowest BCUT2D eigenvalue weighted by Gasteiger charge is -2.32. The maximum absolute atomic E-state index is 14.5. The summed E-state index contributed by atoms with van der Waals surface area (Å²) in [6, 6.07) is 11.4. The molecule has 2 aromatic rings. The van der Waals surface area contributed by atoms with Crippen LogP contribution in [0.3, 0.4) is 0 Å². The van der Waals surface area contributed by atoms with Crippen molar-refractivity contribution in [1.29, 1.82) is 0 Å². The molecule has 0 N–H and O–H groups in total. The van der Waals surface area contributed by atoms with Gasteiger partial charge in [-0.2, -0.15) is 0 Å². The molecule has 1 aliphatic rings. The van der Waals surface area contributed by atoms with Gasteiger partial charge < -0.3 is 14.0 Å². The molecule has 132 valence electrons. The Bertz CT molecular complexity index is 786. The molecule has 1 aliphatic heterocycles. The molecule has 0 saturated carbocycles. The molecule has 1 heterocycles. The maximum Gasteiger partial charge on any atom is 0.495 e. The van der Waals surface area contributed by atoms with Crippen molar-refractivity contribution in [1.82, 2.24) is 0 Å². The van der Waals surface area contributed by atoms with Crippen LogP contribution in [-0.4, -0.2) is 25.4 Å². The van der Waals surface area contributed by atoms with E-state index in [1.165, 1.54) is 7.11 Å². The average Bonchev–Trinajstić information content (AvgIpc) is 2.78. The smallest absolute Gasteiger partial charge is 0.493 e. The fourth-order valence-electron chi connectivity index (χ4n) is 2.98. The van der Waals surface area contributed by atoms with Crippen molar-refractivity contribution >= 4 is 12.6 Å². The Morgan fingerprint density at radius 1 is 0.920 bits per heavy atom. The molecular formula is C20H24BFO3. The van der Waals surface area contributed by atoms with Gasteiger partial charge in [-0.1, -0.05) is 36.4 Å². The summed E-state index contributed by atoms with van der Waals surface area (Å²) >= 11 is 0. The summed E-state index contributed by atoms with van der Waals surface area (Å²) in [6.45, 7) is 9.79. The van der Waals surface area contributed by atoms with Gasteiger partial charge in [0, 0.05) is 5.56 Å². The summed E-state index contributed by atoms with van der Waals surface area (Å²) in [6.07, 6.45) is 0. The Balaban J connectivity index is 2.12. The molecule has 5 heteroatoms. The van der Waals surface area contributed by atoms with Crippen LogP contribution in [0.4, 0.5) is 4.39 Å². The Morgan fingerprint density at radius 3 is 2.12 bits per heavy atom. The molecule has 3 nitrogen and oxygen atoms in total. The van der Waals surface area contributed by atoms with E-state index in [0.717, 1.165) is 11.0 Å². The number of hydrogen-bond donors (Lipinski definition) is 0. The van der Waals surface area contributed by atoms with Gasteiger partial charge in [0.25, 0.3) is 0 Å². The molecule has 25 heavy (non-hydrogen) atoms. The molecule has 0 aliphatic carbocycles. The van der Waals surface area contributed by atoms with Crippen LogP contribution in [0.15, 0.2) is 36.4 Å². The van der Waals surface area contributed by atoms with E-state index in [1.54, 1.807) is 13.0 Å². The topological polar surface area (TPSA) is 27.7 Å². The van der Waals surface area contributed by atoms with Gasteiger partial charge in [-0.15, -0.1) is 0 Å². The Morgan fingerprint density at radius 2 is 1.52 bits per heavy atom. The third-order valence-corrected chi connectivity index (χ3v) is 5.25. The van der Waals surface area contributed by atoms with Gasteiger partial charge in [0.05, 0.1) is 18.3 Å². The number of ether oxygens (including phenoxy) is 1. The number of hydrogen-bond acceptors (Lipinski definition) is 3. The van der Waals surface area contributed by atoms with Crippen molar-refractivity contribution in [3.05, 3.63) is 47.8 Å². The summed E-state index contributed by atoms with van der Waals surface area (Å²) in [7, 11) is 0.967. The van der Waals surface area contributed by atoms with Gasteiger partial charge in [0.2, 0.25) is 0 Å². The molecular weight excluding hydrogens is 318 g/mol. The van der Waals surface area contributed by atoms with E-state index in [2.05, 4.69) is 0 Å². The van der Waals surface area contributed by atoms with Crippen LogP contribution in [0.1, 0.15) is 33.3 Å². The molecule has 0 amide bonds. The fraction of sp³-hybridized carbons (Fsp3) is 0.400. The van der Waals surface area contributed by atoms with E-state index < -0.39 is 18.3 Å². The van der Waals surface area contributed by atoms with Gasteiger partial charge in [-0.25, -0.2) is 4.39 Å². The van der Waals surface area contributed by atoms with Crippen molar-refractivity contribution in [2.45, 2.75) is 45.8 Å². The summed E-state index contributed by atoms with van der Waals surface area (Å²) in [5.74, 6) is -0.104. The molecule has 0 unspecified atom stereocenters. The zero-order valence-electron chi connectivity index (χ0n) is 15.6. The third kappa shape index (κ3) is 2.96. The van der Waals surface area contributed by atoms with Crippen molar-refractivity contribution in [3.63, 3.8) is 0 Å². The van der Waals surface area contributed by atoms with Crippen LogP contribution in [-0.2, 0) is 9.31 Å². The van der Waals surface area contributed by atoms with Crippen LogP contribution >= 0.6 is 0 Å². The number of rotatable bonds is 3. The Labute approximate surface area is 149 Å². The van der Waals surface area contributed by atoms with Gasteiger partial charge in [0.15, 0.2) is 11.6 Å². The lowest BCUT2D eigenvalue weighted by molar-refractivity contribution is 0.00578. The second-order valence-corrected chi connectivity index (χ2v) is 7.45. The first-order valence-electron chi connectivity index (χ1n) is 8.46. The largest absolute Gasteiger partial charge is 0.495 e. The molecule has 2 aromatic carbocycles. The number of benzene rings is 2. The fourth-order valence-corrected chi connectivity index (χ4v) is 2.98. The van der Waals surface area contributed by atoms with Crippen LogP contribution in [0.5, 0.6) is 5.75 Å². The highest BCUT2D eigenvalue weighted by molar-refractivity contribution is 6.63. The molecule has 0 aromatic heterocycles. The first-order valence-corrected chi connectivity index (χ1v) is 8.46. The van der Waals surface area contributed by atoms with Gasteiger partial charge >= 0.3 is 7.12 Å². The van der Waals surface area contributed by atoms with Crippen molar-refractivity contribution in [3.8, 4) is 16.9 Å². The number of aryl methyl sites for hydroxylation is 1. The minimum Gasteiger partial charge on any atom is -0.493 e. The van der Waals surface area contributed by atoms with E-state index >= 15 is 0 Å². The van der Waals surface area contributed by atoms with Crippen LogP contribution < -0.4 is 10.2 Å². The zero-order valence-corrected chi connectivity index (χ0v) is 15.6. The molecule has 1 saturated heterocycles. The van der Waals surface area contributed by atoms with E-state index in [-0.39, 0.29) is 11.6 Å². The quantitative estimate of drug-likeness (QED) is 0.786. The highest BCUT2D eigenvalue weighted by Gasteiger charge is 2.52. The van der Waals surface area contributed by atoms with Crippen LogP contribution in [0, 0.1) is 12.7 Å². The van der Waals surface area contributed by atoms with Gasteiger partial charge in [-0.05, 0) is 51.2 Å². The molecule has 0 atom stereocenters.